The molecule has 1 aromatic heterocycles. The lowest BCUT2D eigenvalue weighted by Gasteiger charge is -2.10. The van der Waals surface area contributed by atoms with Crippen LogP contribution in [0.15, 0.2) is 42.7 Å². The first kappa shape index (κ1) is 15.6. The smallest absolute Gasteiger partial charge is 0.266 e. The predicted octanol–water partition coefficient (Wildman–Crippen LogP) is 3.41. The van der Waals surface area contributed by atoms with Gasteiger partial charge in [0.05, 0.1) is 5.69 Å². The maximum Gasteiger partial charge on any atom is 0.266 e. The summed E-state index contributed by atoms with van der Waals surface area (Å²) in [6.07, 6.45) is 0. The fourth-order valence-corrected chi connectivity index (χ4v) is 4.06. The summed E-state index contributed by atoms with van der Waals surface area (Å²) >= 11 is 6.38. The molecule has 0 bridgehead atoms. The lowest BCUT2D eigenvalue weighted by molar-refractivity contribution is 0.245. The van der Waals surface area contributed by atoms with Gasteiger partial charge >= 0.3 is 0 Å². The van der Waals surface area contributed by atoms with E-state index in [1.54, 1.807) is 19.1 Å². The Balaban J connectivity index is 2.40. The Morgan fingerprint density at radius 3 is 2.65 bits per heavy atom. The van der Waals surface area contributed by atoms with Crippen LogP contribution in [0, 0.1) is 6.92 Å². The Kier molecular flexibility index (Phi) is 4.58. The molecule has 0 atom stereocenters. The van der Waals surface area contributed by atoms with Crippen LogP contribution in [0.2, 0.25) is 0 Å². The fourth-order valence-electron chi connectivity index (χ4n) is 1.58. The zero-order valence-corrected chi connectivity index (χ0v) is 14.3. The Bertz CT molecular complexity index is 740. The second-order valence-electron chi connectivity index (χ2n) is 4.03. The molecule has 5 nitrogen and oxygen atoms in total. The zero-order chi connectivity index (χ0) is 14.9. The highest BCUT2D eigenvalue weighted by Gasteiger charge is 2.23. The summed E-state index contributed by atoms with van der Waals surface area (Å²) in [4.78, 5) is -0.0547. The van der Waals surface area contributed by atoms with E-state index in [0.29, 0.717) is 5.69 Å². The maximum absolute atomic E-state index is 12.3. The third-order valence-corrected chi connectivity index (χ3v) is 5.75. The average Bonchev–Trinajstić information content (AvgIpc) is 2.77. The molecule has 0 aliphatic rings. The van der Waals surface area contributed by atoms with Gasteiger partial charge in [0.1, 0.15) is 17.3 Å². The minimum atomic E-state index is -3.80. The van der Waals surface area contributed by atoms with Crippen LogP contribution in [0.25, 0.3) is 0 Å². The van der Waals surface area contributed by atoms with Crippen molar-refractivity contribution in [1.82, 2.24) is 0 Å². The first-order chi connectivity index (χ1) is 9.35. The van der Waals surface area contributed by atoms with Gasteiger partial charge in [-0.25, -0.2) is 8.42 Å². The van der Waals surface area contributed by atoms with Gasteiger partial charge in [0.25, 0.3) is 10.0 Å². The van der Waals surface area contributed by atoms with E-state index in [4.69, 9.17) is 9.52 Å². The Labute approximate surface area is 133 Å². The van der Waals surface area contributed by atoms with Crippen molar-refractivity contribution < 1.29 is 17.9 Å². The van der Waals surface area contributed by atoms with Crippen LogP contribution in [0.3, 0.4) is 0 Å². The summed E-state index contributed by atoms with van der Waals surface area (Å²) in [5.74, 6) is 0.170. The van der Waals surface area contributed by atoms with Gasteiger partial charge in [-0.15, -0.1) is 0 Å². The van der Waals surface area contributed by atoms with Crippen LogP contribution in [0.5, 0.6) is 0 Å². The van der Waals surface area contributed by atoms with Gasteiger partial charge < -0.3 is 9.52 Å². The van der Waals surface area contributed by atoms with Crippen LogP contribution >= 0.6 is 31.9 Å². The number of nitrogens with one attached hydrogen (secondary N) is 1. The van der Waals surface area contributed by atoms with Crippen LogP contribution < -0.4 is 4.72 Å². The molecule has 2 rings (SSSR count). The van der Waals surface area contributed by atoms with Crippen molar-refractivity contribution in [2.75, 3.05) is 4.72 Å². The number of hydrogen-bond donors (Lipinski definition) is 2. The number of halogens is 2. The summed E-state index contributed by atoms with van der Waals surface area (Å²) in [7, 11) is -3.80. The van der Waals surface area contributed by atoms with E-state index in [2.05, 4.69) is 36.6 Å². The molecule has 0 amide bonds. The van der Waals surface area contributed by atoms with Crippen LogP contribution in [0.1, 0.15) is 11.3 Å². The maximum atomic E-state index is 12.3. The molecule has 1 heterocycles. The molecule has 2 aromatic rings. The Morgan fingerprint density at radius 1 is 1.35 bits per heavy atom. The molecular formula is C12H11Br2NO4S. The van der Waals surface area contributed by atoms with Crippen LogP contribution in [-0.2, 0) is 16.6 Å². The van der Waals surface area contributed by atoms with E-state index in [9.17, 15) is 8.42 Å². The standard InChI is InChI=1S/C12H11Br2NO4S/c1-7-9(13)3-2-4-10(7)15-20(17,18)11-5-8(6-16)19-12(11)14/h2-5,15-16H,6H2,1H3. The normalized spacial score (nSPS) is 11.6. The molecule has 8 heteroatoms. The molecule has 0 unspecified atom stereocenters. The second kappa shape index (κ2) is 5.88. The topological polar surface area (TPSA) is 79.5 Å². The average molecular weight is 425 g/mol. The highest BCUT2D eigenvalue weighted by Crippen LogP contribution is 2.30. The van der Waals surface area contributed by atoms with E-state index in [1.165, 1.54) is 6.07 Å². The molecule has 0 aliphatic carbocycles. The molecular weight excluding hydrogens is 414 g/mol. The van der Waals surface area contributed by atoms with E-state index in [-0.39, 0.29) is 21.9 Å². The monoisotopic (exact) mass is 423 g/mol. The Morgan fingerprint density at radius 2 is 2.05 bits per heavy atom. The molecule has 2 N–H and O–H groups in total. The zero-order valence-electron chi connectivity index (χ0n) is 10.4. The third-order valence-electron chi connectivity index (χ3n) is 2.66. The van der Waals surface area contributed by atoms with Gasteiger partial charge in [-0.1, -0.05) is 22.0 Å². The molecule has 1 aromatic carbocycles. The number of aliphatic hydroxyl groups is 1. The summed E-state index contributed by atoms with van der Waals surface area (Å²) in [6.45, 7) is 1.43. The first-order valence-corrected chi connectivity index (χ1v) is 8.59. The first-order valence-electron chi connectivity index (χ1n) is 5.52. The number of aliphatic hydroxyl groups excluding tert-OH is 1. The number of furan rings is 1. The van der Waals surface area contributed by atoms with Crippen molar-refractivity contribution >= 4 is 47.6 Å². The number of hydrogen-bond acceptors (Lipinski definition) is 4. The molecule has 0 fully saturated rings. The van der Waals surface area contributed by atoms with E-state index < -0.39 is 10.0 Å². The summed E-state index contributed by atoms with van der Waals surface area (Å²) in [5.41, 5.74) is 1.25. The fraction of sp³-hybridized carbons (Fsp3) is 0.167. The minimum Gasteiger partial charge on any atom is -0.450 e. The highest BCUT2D eigenvalue weighted by molar-refractivity contribution is 9.10. The van der Waals surface area contributed by atoms with Gasteiger partial charge in [-0.05, 0) is 40.5 Å². The Hall–Kier alpha value is -0.830. The summed E-state index contributed by atoms with van der Waals surface area (Å²) < 4.78 is 33.1. The van der Waals surface area contributed by atoms with Crippen molar-refractivity contribution in [3.63, 3.8) is 0 Å². The SMILES string of the molecule is Cc1c(Br)cccc1NS(=O)(=O)c1cc(CO)oc1Br. The number of rotatable bonds is 4. The number of sulfonamides is 1. The lowest BCUT2D eigenvalue weighted by Crippen LogP contribution is -2.13. The lowest BCUT2D eigenvalue weighted by atomic mass is 10.2. The predicted molar refractivity (Wildman–Crippen MR) is 82.0 cm³/mol. The van der Waals surface area contributed by atoms with Gasteiger partial charge in [-0.2, -0.15) is 0 Å². The van der Waals surface area contributed by atoms with Gasteiger partial charge in [0.15, 0.2) is 4.67 Å². The molecule has 0 aliphatic heterocycles. The quantitative estimate of drug-likeness (QED) is 0.788. The molecule has 0 saturated heterocycles. The van der Waals surface area contributed by atoms with Gasteiger partial charge in [-0.3, -0.25) is 4.72 Å². The molecule has 20 heavy (non-hydrogen) atoms. The van der Waals surface area contributed by atoms with E-state index in [0.717, 1.165) is 10.0 Å². The van der Waals surface area contributed by atoms with Gasteiger partial charge in [0, 0.05) is 10.5 Å². The number of benzene rings is 1. The largest absolute Gasteiger partial charge is 0.450 e. The van der Waals surface area contributed by atoms with Crippen molar-refractivity contribution in [3.05, 3.63) is 44.7 Å². The highest BCUT2D eigenvalue weighted by atomic mass is 79.9. The summed E-state index contributed by atoms with van der Waals surface area (Å²) in [6, 6.07) is 6.50. The van der Waals surface area contributed by atoms with Crippen molar-refractivity contribution in [3.8, 4) is 0 Å². The van der Waals surface area contributed by atoms with Crippen LogP contribution in [0.4, 0.5) is 5.69 Å². The third kappa shape index (κ3) is 3.08. The number of anilines is 1. The molecule has 0 saturated carbocycles. The van der Waals surface area contributed by atoms with Crippen LogP contribution in [-0.4, -0.2) is 13.5 Å². The van der Waals surface area contributed by atoms with Crippen molar-refractivity contribution in [1.29, 1.82) is 0 Å². The molecule has 0 radical (unpaired) electrons. The van der Waals surface area contributed by atoms with E-state index >= 15 is 0 Å². The molecule has 0 spiro atoms. The van der Waals surface area contributed by atoms with Gasteiger partial charge in [0.2, 0.25) is 0 Å². The second-order valence-corrected chi connectivity index (χ2v) is 7.25. The van der Waals surface area contributed by atoms with Crippen molar-refractivity contribution in [2.45, 2.75) is 18.4 Å². The van der Waals surface area contributed by atoms with E-state index in [1.807, 2.05) is 6.07 Å². The minimum absolute atomic E-state index is 0.0547. The summed E-state index contributed by atoms with van der Waals surface area (Å²) in [5, 5.41) is 8.98. The molecule has 108 valence electrons. The van der Waals surface area contributed by atoms with Crippen molar-refractivity contribution in [2.24, 2.45) is 0 Å².